The van der Waals surface area contributed by atoms with Crippen LogP contribution in [0.15, 0.2) is 54.6 Å². The first-order chi connectivity index (χ1) is 11.8. The molecule has 0 aliphatic carbocycles. The third-order valence-electron chi connectivity index (χ3n) is 3.82. The predicted octanol–water partition coefficient (Wildman–Crippen LogP) is 4.84. The minimum atomic E-state index is -5.73. The maximum absolute atomic E-state index is 12.5. The van der Waals surface area contributed by atoms with Crippen molar-refractivity contribution in [1.82, 2.24) is 0 Å². The minimum Gasteiger partial charge on any atom is -0.456 e. The van der Waals surface area contributed by atoms with E-state index in [9.17, 15) is 21.6 Å². The second-order valence-electron chi connectivity index (χ2n) is 5.40. The molecule has 0 atom stereocenters. The summed E-state index contributed by atoms with van der Waals surface area (Å²) in [6.07, 6.45) is 0. The predicted molar refractivity (Wildman–Crippen MR) is 85.1 cm³/mol. The topological polar surface area (TPSA) is 52.6 Å². The molecule has 0 saturated carbocycles. The molecule has 1 aliphatic heterocycles. The van der Waals surface area contributed by atoms with Crippen LogP contribution in [0, 0.1) is 0 Å². The average molecular weight is 366 g/mol. The van der Waals surface area contributed by atoms with Gasteiger partial charge in [0.15, 0.2) is 0 Å². The van der Waals surface area contributed by atoms with Crippen molar-refractivity contribution in [2.24, 2.45) is 0 Å². The molecule has 1 heterocycles. The van der Waals surface area contributed by atoms with E-state index in [4.69, 9.17) is 4.74 Å². The first-order valence-electron chi connectivity index (χ1n) is 7.11. The van der Waals surface area contributed by atoms with Gasteiger partial charge in [0.1, 0.15) is 17.2 Å². The first kappa shape index (κ1) is 15.8. The average Bonchev–Trinajstić information content (AvgIpc) is 2.54. The summed E-state index contributed by atoms with van der Waals surface area (Å²) < 4.78 is 69.9. The lowest BCUT2D eigenvalue weighted by Crippen LogP contribution is -2.28. The Morgan fingerprint density at radius 2 is 1.60 bits per heavy atom. The van der Waals surface area contributed by atoms with Gasteiger partial charge in [-0.3, -0.25) is 0 Å². The van der Waals surface area contributed by atoms with Crippen LogP contribution in [0.2, 0.25) is 0 Å². The largest absolute Gasteiger partial charge is 0.534 e. The summed E-state index contributed by atoms with van der Waals surface area (Å²) in [6.45, 7) is 0. The molecule has 25 heavy (non-hydrogen) atoms. The molecule has 0 unspecified atom stereocenters. The van der Waals surface area contributed by atoms with E-state index in [-0.39, 0.29) is 0 Å². The normalized spacial score (nSPS) is 13.2. The van der Waals surface area contributed by atoms with Gasteiger partial charge in [0.25, 0.3) is 0 Å². The van der Waals surface area contributed by atoms with Crippen LogP contribution < -0.4 is 8.92 Å². The van der Waals surface area contributed by atoms with Crippen LogP contribution in [-0.4, -0.2) is 13.9 Å². The first-order valence-corrected chi connectivity index (χ1v) is 8.52. The maximum Gasteiger partial charge on any atom is 0.534 e. The minimum absolute atomic E-state index is 0.406. The maximum atomic E-state index is 12.5. The fourth-order valence-corrected chi connectivity index (χ4v) is 3.22. The highest BCUT2D eigenvalue weighted by molar-refractivity contribution is 7.88. The van der Waals surface area contributed by atoms with Crippen molar-refractivity contribution in [1.29, 1.82) is 0 Å². The van der Waals surface area contributed by atoms with Crippen LogP contribution in [-0.2, 0) is 10.1 Å². The Bertz CT molecular complexity index is 1100. The molecule has 128 valence electrons. The van der Waals surface area contributed by atoms with Crippen molar-refractivity contribution in [3.63, 3.8) is 0 Å². The quantitative estimate of drug-likeness (QED) is 0.376. The Kier molecular flexibility index (Phi) is 3.23. The van der Waals surface area contributed by atoms with Gasteiger partial charge in [0, 0.05) is 10.9 Å². The number of alkyl halides is 3. The third kappa shape index (κ3) is 2.49. The highest BCUT2D eigenvalue weighted by atomic mass is 32.2. The molecule has 0 saturated heterocycles. The molecule has 0 aromatic heterocycles. The van der Waals surface area contributed by atoms with Gasteiger partial charge in [-0.1, -0.05) is 30.3 Å². The number of fused-ring (bicyclic) bond motifs is 2. The molecule has 4 rings (SSSR count). The van der Waals surface area contributed by atoms with E-state index in [1.807, 2.05) is 18.2 Å². The highest BCUT2D eigenvalue weighted by Gasteiger charge is 2.48. The summed E-state index contributed by atoms with van der Waals surface area (Å²) >= 11 is 0. The van der Waals surface area contributed by atoms with Gasteiger partial charge in [-0.25, -0.2) is 0 Å². The van der Waals surface area contributed by atoms with E-state index in [0.29, 0.717) is 17.1 Å². The fraction of sp³-hybridized carbons (Fsp3) is 0.0588. The second-order valence-corrected chi connectivity index (χ2v) is 6.94. The molecule has 3 aromatic rings. The lowest BCUT2D eigenvalue weighted by atomic mass is 9.95. The lowest BCUT2D eigenvalue weighted by molar-refractivity contribution is -0.0500. The zero-order valence-corrected chi connectivity index (χ0v) is 13.2. The van der Waals surface area contributed by atoms with E-state index in [1.54, 1.807) is 18.2 Å². The van der Waals surface area contributed by atoms with Crippen LogP contribution >= 0.6 is 0 Å². The summed E-state index contributed by atoms with van der Waals surface area (Å²) in [4.78, 5) is 0. The molecule has 0 radical (unpaired) electrons. The number of ether oxygens (including phenoxy) is 1. The van der Waals surface area contributed by atoms with Gasteiger partial charge in [-0.2, -0.15) is 21.6 Å². The highest BCUT2D eigenvalue weighted by Crippen LogP contribution is 2.47. The molecule has 0 N–H and O–H groups in total. The molecular formula is C17H9F3O4S. The number of hydrogen-bond donors (Lipinski definition) is 0. The molecule has 0 amide bonds. The van der Waals surface area contributed by atoms with Crippen molar-refractivity contribution in [2.75, 3.05) is 0 Å². The number of benzene rings is 3. The van der Waals surface area contributed by atoms with Crippen LogP contribution in [0.25, 0.3) is 21.9 Å². The van der Waals surface area contributed by atoms with Gasteiger partial charge in [0.2, 0.25) is 0 Å². The van der Waals surface area contributed by atoms with Crippen LogP contribution in [0.1, 0.15) is 0 Å². The van der Waals surface area contributed by atoms with Crippen molar-refractivity contribution in [2.45, 2.75) is 5.51 Å². The molecule has 1 aliphatic rings. The summed E-state index contributed by atoms with van der Waals surface area (Å²) in [7, 11) is -5.73. The number of rotatable bonds is 2. The lowest BCUT2D eigenvalue weighted by Gasteiger charge is -2.21. The molecule has 0 fully saturated rings. The monoisotopic (exact) mass is 366 g/mol. The molecule has 3 aromatic carbocycles. The van der Waals surface area contributed by atoms with Crippen LogP contribution in [0.3, 0.4) is 0 Å². The van der Waals surface area contributed by atoms with Gasteiger partial charge in [0.05, 0.1) is 0 Å². The third-order valence-corrected chi connectivity index (χ3v) is 4.80. The number of halogens is 3. The summed E-state index contributed by atoms with van der Waals surface area (Å²) in [6, 6.07) is 14.7. The van der Waals surface area contributed by atoms with Gasteiger partial charge in [-0.15, -0.1) is 0 Å². The second kappa shape index (κ2) is 5.13. The van der Waals surface area contributed by atoms with Crippen molar-refractivity contribution < 1.29 is 30.5 Å². The Morgan fingerprint density at radius 1 is 0.880 bits per heavy atom. The number of hydrogen-bond acceptors (Lipinski definition) is 4. The fourth-order valence-electron chi connectivity index (χ4n) is 2.77. The Morgan fingerprint density at radius 3 is 2.32 bits per heavy atom. The van der Waals surface area contributed by atoms with E-state index < -0.39 is 21.4 Å². The van der Waals surface area contributed by atoms with Gasteiger partial charge in [-0.05, 0) is 35.2 Å². The molecule has 0 bridgehead atoms. The van der Waals surface area contributed by atoms with Crippen molar-refractivity contribution in [3.8, 4) is 28.4 Å². The van der Waals surface area contributed by atoms with Crippen LogP contribution in [0.5, 0.6) is 17.2 Å². The Balaban J connectivity index is 1.86. The van der Waals surface area contributed by atoms with Crippen LogP contribution in [0.4, 0.5) is 13.2 Å². The van der Waals surface area contributed by atoms with Crippen molar-refractivity contribution >= 4 is 20.9 Å². The molecule has 8 heteroatoms. The zero-order valence-electron chi connectivity index (χ0n) is 12.4. The summed E-state index contributed by atoms with van der Waals surface area (Å²) in [5, 5.41) is 1.70. The molecule has 4 nitrogen and oxygen atoms in total. The van der Waals surface area contributed by atoms with E-state index >= 15 is 0 Å². The van der Waals surface area contributed by atoms with Gasteiger partial charge >= 0.3 is 15.6 Å². The van der Waals surface area contributed by atoms with Crippen molar-refractivity contribution in [3.05, 3.63) is 54.6 Å². The van der Waals surface area contributed by atoms with E-state index in [0.717, 1.165) is 22.4 Å². The summed E-state index contributed by atoms with van der Waals surface area (Å²) in [5.74, 6) is 0.594. The summed E-state index contributed by atoms with van der Waals surface area (Å²) in [5.41, 5.74) is -4.31. The Labute approximate surface area is 140 Å². The SMILES string of the molecule is O=S(=O)(Oc1ccc2c(c1)-c1cccc3cccc(c13)O2)C(F)(F)F. The van der Waals surface area contributed by atoms with E-state index in [1.165, 1.54) is 12.1 Å². The molecule has 0 spiro atoms. The Hall–Kier alpha value is -2.74. The van der Waals surface area contributed by atoms with E-state index in [2.05, 4.69) is 4.18 Å². The standard InChI is InChI=1S/C17H9F3O4S/c18-17(19,20)25(21,22)24-11-7-8-14-13(9-11)12-5-1-3-10-4-2-6-15(23-14)16(10)12/h1-9H. The molecular weight excluding hydrogens is 357 g/mol. The van der Waals surface area contributed by atoms with Gasteiger partial charge < -0.3 is 8.92 Å². The smallest absolute Gasteiger partial charge is 0.456 e. The zero-order chi connectivity index (χ0) is 17.8.